The first-order valence-corrected chi connectivity index (χ1v) is 9.63. The van der Waals surface area contributed by atoms with Crippen molar-refractivity contribution in [3.63, 3.8) is 0 Å². The molecule has 0 heterocycles. The fourth-order valence-corrected chi connectivity index (χ4v) is 3.76. The average molecular weight is 399 g/mol. The summed E-state index contributed by atoms with van der Waals surface area (Å²) in [7, 11) is -2.48. The molecule has 0 radical (unpaired) electrons. The number of carbonyl (C=O) groups is 1. The highest BCUT2D eigenvalue weighted by Crippen LogP contribution is 2.33. The highest BCUT2D eigenvalue weighted by molar-refractivity contribution is 7.92. The van der Waals surface area contributed by atoms with E-state index in [0.717, 1.165) is 17.7 Å². The van der Waals surface area contributed by atoms with Gasteiger partial charge in [-0.2, -0.15) is 0 Å². The van der Waals surface area contributed by atoms with Gasteiger partial charge in [-0.25, -0.2) is 13.2 Å². The Hall–Kier alpha value is -3.52. The molecule has 0 spiro atoms. The maximum atomic E-state index is 12.8. The van der Waals surface area contributed by atoms with Crippen LogP contribution in [0, 0.1) is 0 Å². The van der Waals surface area contributed by atoms with E-state index in [-0.39, 0.29) is 16.1 Å². The van der Waals surface area contributed by atoms with Crippen LogP contribution in [0.5, 0.6) is 11.5 Å². The van der Waals surface area contributed by atoms with E-state index in [9.17, 15) is 18.3 Å². The minimum Gasteiger partial charge on any atom is -0.507 e. The molecule has 3 aromatic carbocycles. The van der Waals surface area contributed by atoms with Gasteiger partial charge in [0.2, 0.25) is 0 Å². The van der Waals surface area contributed by atoms with Gasteiger partial charge in [0.15, 0.2) is 0 Å². The van der Waals surface area contributed by atoms with Gasteiger partial charge in [-0.3, -0.25) is 4.72 Å². The predicted molar refractivity (Wildman–Crippen MR) is 104 cm³/mol. The summed E-state index contributed by atoms with van der Waals surface area (Å²) in [6, 6.07) is 17.1. The summed E-state index contributed by atoms with van der Waals surface area (Å²) in [6.07, 6.45) is 0. The fraction of sp³-hybridized carbons (Fsp3) is 0.0500. The van der Waals surface area contributed by atoms with Crippen LogP contribution in [0.15, 0.2) is 71.6 Å². The Kier molecular flexibility index (Phi) is 5.23. The van der Waals surface area contributed by atoms with Gasteiger partial charge in [-0.05, 0) is 35.9 Å². The largest absolute Gasteiger partial charge is 0.507 e. The van der Waals surface area contributed by atoms with E-state index in [1.54, 1.807) is 6.07 Å². The number of hydrogen-bond acceptors (Lipinski definition) is 5. The van der Waals surface area contributed by atoms with Gasteiger partial charge in [-0.1, -0.05) is 30.3 Å². The number of carboxylic acids is 1. The van der Waals surface area contributed by atoms with Crippen molar-refractivity contribution in [1.82, 2.24) is 0 Å². The third-order valence-corrected chi connectivity index (χ3v) is 5.43. The molecule has 3 N–H and O–H groups in total. The van der Waals surface area contributed by atoms with E-state index in [1.165, 1.54) is 25.3 Å². The Morgan fingerprint density at radius 3 is 2.32 bits per heavy atom. The Balaban J connectivity index is 1.98. The van der Waals surface area contributed by atoms with Crippen LogP contribution in [0.1, 0.15) is 10.4 Å². The highest BCUT2D eigenvalue weighted by Gasteiger charge is 2.19. The Morgan fingerprint density at radius 2 is 1.71 bits per heavy atom. The lowest BCUT2D eigenvalue weighted by atomic mass is 10.1. The van der Waals surface area contributed by atoms with Crippen LogP contribution in [0.25, 0.3) is 11.1 Å². The van der Waals surface area contributed by atoms with Gasteiger partial charge >= 0.3 is 5.97 Å². The molecule has 0 atom stereocenters. The summed E-state index contributed by atoms with van der Waals surface area (Å²) >= 11 is 0. The number of nitrogens with one attached hydrogen (secondary N) is 1. The fourth-order valence-electron chi connectivity index (χ4n) is 2.69. The Labute approximate surface area is 161 Å². The summed E-state index contributed by atoms with van der Waals surface area (Å²) < 4.78 is 33.2. The maximum Gasteiger partial charge on any atom is 0.339 e. The third-order valence-electron chi connectivity index (χ3n) is 4.05. The molecule has 28 heavy (non-hydrogen) atoms. The van der Waals surface area contributed by atoms with Crippen molar-refractivity contribution in [2.75, 3.05) is 11.8 Å². The van der Waals surface area contributed by atoms with Gasteiger partial charge in [0.25, 0.3) is 10.0 Å². The number of ether oxygens (including phenoxy) is 1. The number of methoxy groups -OCH3 is 1. The topological polar surface area (TPSA) is 113 Å². The van der Waals surface area contributed by atoms with E-state index < -0.39 is 21.7 Å². The lowest BCUT2D eigenvalue weighted by Crippen LogP contribution is -2.13. The standard InChI is InChI=1S/C20H17NO6S/c1-27-19-10-8-15(12-17(19)13-5-3-2-4-6-13)28(25,26)21-14-7-9-16(20(23)24)18(22)11-14/h2-12,21-22H,1H3,(H,23,24). The van der Waals surface area contributed by atoms with Crippen molar-refractivity contribution in [3.05, 3.63) is 72.3 Å². The van der Waals surface area contributed by atoms with Gasteiger partial charge in [0, 0.05) is 11.6 Å². The molecule has 0 aliphatic rings. The molecule has 144 valence electrons. The van der Waals surface area contributed by atoms with Crippen molar-refractivity contribution >= 4 is 21.7 Å². The molecular weight excluding hydrogens is 382 g/mol. The normalized spacial score (nSPS) is 11.0. The van der Waals surface area contributed by atoms with E-state index in [1.807, 2.05) is 30.3 Å². The molecule has 0 aliphatic carbocycles. The number of anilines is 1. The van der Waals surface area contributed by atoms with E-state index in [4.69, 9.17) is 9.84 Å². The zero-order valence-corrected chi connectivity index (χ0v) is 15.6. The van der Waals surface area contributed by atoms with Crippen molar-refractivity contribution < 1.29 is 28.2 Å². The number of aromatic hydroxyl groups is 1. The lowest BCUT2D eigenvalue weighted by Gasteiger charge is -2.13. The summed E-state index contributed by atoms with van der Waals surface area (Å²) in [6.45, 7) is 0. The summed E-state index contributed by atoms with van der Waals surface area (Å²) in [4.78, 5) is 11.0. The van der Waals surface area contributed by atoms with Gasteiger partial charge < -0.3 is 14.9 Å². The van der Waals surface area contributed by atoms with Crippen LogP contribution in [-0.2, 0) is 10.0 Å². The van der Waals surface area contributed by atoms with Crippen LogP contribution in [-0.4, -0.2) is 31.7 Å². The first kappa shape index (κ1) is 19.2. The minimum absolute atomic E-state index is 0.00560. The molecular formula is C20H17NO6S. The molecule has 0 saturated carbocycles. The minimum atomic E-state index is -3.98. The summed E-state index contributed by atoms with van der Waals surface area (Å²) in [5.74, 6) is -1.32. The number of sulfonamides is 1. The van der Waals surface area contributed by atoms with Crippen LogP contribution in [0.3, 0.4) is 0 Å². The number of phenols is 1. The molecule has 0 amide bonds. The van der Waals surface area contributed by atoms with Crippen molar-refractivity contribution in [2.45, 2.75) is 4.90 Å². The molecule has 0 unspecified atom stereocenters. The molecule has 3 aromatic rings. The second-order valence-electron chi connectivity index (χ2n) is 5.87. The van der Waals surface area contributed by atoms with Crippen LogP contribution >= 0.6 is 0 Å². The first-order chi connectivity index (χ1) is 13.3. The molecule has 0 fully saturated rings. The molecule has 3 rings (SSSR count). The van der Waals surface area contributed by atoms with Gasteiger partial charge in [0.1, 0.15) is 17.1 Å². The predicted octanol–water partition coefficient (Wildman–Crippen LogP) is 3.57. The molecule has 0 saturated heterocycles. The SMILES string of the molecule is COc1ccc(S(=O)(=O)Nc2ccc(C(=O)O)c(O)c2)cc1-c1ccccc1. The Morgan fingerprint density at radius 1 is 1.00 bits per heavy atom. The zero-order valence-electron chi connectivity index (χ0n) is 14.8. The number of hydrogen-bond donors (Lipinski definition) is 3. The summed E-state index contributed by atoms with van der Waals surface area (Å²) in [5, 5.41) is 18.7. The average Bonchev–Trinajstić information content (AvgIpc) is 2.67. The smallest absolute Gasteiger partial charge is 0.339 e. The Bertz CT molecular complexity index is 1130. The van der Waals surface area contributed by atoms with Crippen molar-refractivity contribution in [1.29, 1.82) is 0 Å². The monoisotopic (exact) mass is 399 g/mol. The van der Waals surface area contributed by atoms with E-state index in [0.29, 0.717) is 11.3 Å². The van der Waals surface area contributed by atoms with Crippen molar-refractivity contribution in [3.8, 4) is 22.6 Å². The third kappa shape index (κ3) is 3.91. The molecule has 8 heteroatoms. The number of carboxylic acid groups (broad SMARTS) is 1. The second-order valence-corrected chi connectivity index (χ2v) is 7.55. The highest BCUT2D eigenvalue weighted by atomic mass is 32.2. The number of aromatic carboxylic acids is 1. The van der Waals surface area contributed by atoms with Gasteiger partial charge in [-0.15, -0.1) is 0 Å². The number of benzene rings is 3. The lowest BCUT2D eigenvalue weighted by molar-refractivity contribution is 0.0694. The maximum absolute atomic E-state index is 12.8. The van der Waals surface area contributed by atoms with Crippen LogP contribution in [0.2, 0.25) is 0 Å². The van der Waals surface area contributed by atoms with Crippen molar-refractivity contribution in [2.24, 2.45) is 0 Å². The summed E-state index contributed by atoms with van der Waals surface area (Å²) in [5.41, 5.74) is 1.12. The first-order valence-electron chi connectivity index (χ1n) is 8.14. The quantitative estimate of drug-likeness (QED) is 0.584. The van der Waals surface area contributed by atoms with E-state index in [2.05, 4.69) is 4.72 Å². The van der Waals surface area contributed by atoms with Crippen LogP contribution < -0.4 is 9.46 Å². The molecule has 0 aromatic heterocycles. The second kappa shape index (κ2) is 7.61. The van der Waals surface area contributed by atoms with Crippen LogP contribution in [0.4, 0.5) is 5.69 Å². The molecule has 0 aliphatic heterocycles. The number of rotatable bonds is 6. The van der Waals surface area contributed by atoms with Gasteiger partial charge in [0.05, 0.1) is 17.7 Å². The van der Waals surface area contributed by atoms with E-state index >= 15 is 0 Å². The molecule has 7 nitrogen and oxygen atoms in total. The molecule has 0 bridgehead atoms. The zero-order chi connectivity index (χ0) is 20.3.